The first-order valence-corrected chi connectivity index (χ1v) is 7.42. The van der Waals surface area contributed by atoms with Gasteiger partial charge in [0.05, 0.1) is 12.2 Å². The lowest BCUT2D eigenvalue weighted by atomic mass is 10.0. The molecular formula is C18H21NO2. The summed E-state index contributed by atoms with van der Waals surface area (Å²) in [6.45, 7) is 6.10. The van der Waals surface area contributed by atoms with Gasteiger partial charge >= 0.3 is 0 Å². The predicted molar refractivity (Wildman–Crippen MR) is 85.8 cm³/mol. The van der Waals surface area contributed by atoms with Gasteiger partial charge in [-0.1, -0.05) is 24.3 Å². The number of rotatable bonds is 2. The van der Waals surface area contributed by atoms with Crippen LogP contribution in [-0.2, 0) is 4.74 Å². The van der Waals surface area contributed by atoms with Crippen LogP contribution in [0.2, 0.25) is 0 Å². The zero-order chi connectivity index (χ0) is 14.8. The average Bonchev–Trinajstić information content (AvgIpc) is 2.47. The molecule has 0 aromatic heterocycles. The minimum atomic E-state index is 0.269. The molecule has 2 aromatic rings. The number of anilines is 1. The molecule has 0 bridgehead atoms. The number of aromatic hydroxyl groups is 1. The molecule has 1 heterocycles. The van der Waals surface area contributed by atoms with Crippen LogP contribution in [0, 0.1) is 0 Å². The van der Waals surface area contributed by atoms with Gasteiger partial charge in [0.25, 0.3) is 0 Å². The number of morpholine rings is 1. The lowest BCUT2D eigenvalue weighted by Gasteiger charge is -2.36. The number of hydrogen-bond donors (Lipinski definition) is 1. The molecule has 1 fully saturated rings. The largest absolute Gasteiger partial charge is 0.508 e. The molecular weight excluding hydrogens is 262 g/mol. The summed E-state index contributed by atoms with van der Waals surface area (Å²) >= 11 is 0. The van der Waals surface area contributed by atoms with Crippen LogP contribution in [0.5, 0.6) is 5.75 Å². The van der Waals surface area contributed by atoms with E-state index in [1.165, 1.54) is 5.69 Å². The minimum Gasteiger partial charge on any atom is -0.508 e. The summed E-state index contributed by atoms with van der Waals surface area (Å²) in [7, 11) is 0. The van der Waals surface area contributed by atoms with Crippen molar-refractivity contribution in [1.82, 2.24) is 0 Å². The molecule has 1 saturated heterocycles. The molecule has 21 heavy (non-hydrogen) atoms. The van der Waals surface area contributed by atoms with Gasteiger partial charge < -0.3 is 14.7 Å². The molecule has 3 nitrogen and oxygen atoms in total. The van der Waals surface area contributed by atoms with E-state index in [2.05, 4.69) is 43.0 Å². The summed E-state index contributed by atoms with van der Waals surface area (Å²) in [6.07, 6.45) is 0.538. The molecule has 0 amide bonds. The highest BCUT2D eigenvalue weighted by atomic mass is 16.5. The molecule has 0 spiro atoms. The fraction of sp³-hybridized carbons (Fsp3) is 0.333. The minimum absolute atomic E-state index is 0.269. The maximum atomic E-state index is 9.35. The number of ether oxygens (including phenoxy) is 1. The summed E-state index contributed by atoms with van der Waals surface area (Å²) in [4.78, 5) is 2.37. The summed E-state index contributed by atoms with van der Waals surface area (Å²) in [6, 6.07) is 15.9. The van der Waals surface area contributed by atoms with Crippen molar-refractivity contribution < 1.29 is 9.84 Å². The van der Waals surface area contributed by atoms with Crippen LogP contribution in [0.25, 0.3) is 11.1 Å². The van der Waals surface area contributed by atoms with Crippen molar-refractivity contribution in [3.63, 3.8) is 0 Å². The lowest BCUT2D eigenvalue weighted by Crippen LogP contribution is -2.45. The molecule has 3 heteroatoms. The van der Waals surface area contributed by atoms with Crippen LogP contribution in [0.1, 0.15) is 13.8 Å². The van der Waals surface area contributed by atoms with Gasteiger partial charge in [-0.2, -0.15) is 0 Å². The van der Waals surface area contributed by atoms with Crippen LogP contribution in [-0.4, -0.2) is 30.4 Å². The topological polar surface area (TPSA) is 32.7 Å². The van der Waals surface area contributed by atoms with Crippen molar-refractivity contribution in [2.75, 3.05) is 18.0 Å². The van der Waals surface area contributed by atoms with Gasteiger partial charge in [0.2, 0.25) is 0 Å². The van der Waals surface area contributed by atoms with Crippen LogP contribution >= 0.6 is 0 Å². The maximum absolute atomic E-state index is 9.35. The van der Waals surface area contributed by atoms with Crippen molar-refractivity contribution >= 4 is 5.69 Å². The van der Waals surface area contributed by atoms with Gasteiger partial charge in [0, 0.05) is 18.8 Å². The molecule has 0 radical (unpaired) electrons. The zero-order valence-corrected chi connectivity index (χ0v) is 12.5. The Hall–Kier alpha value is -2.00. The average molecular weight is 283 g/mol. The molecule has 0 aliphatic carbocycles. The molecule has 2 aromatic carbocycles. The van der Waals surface area contributed by atoms with Crippen molar-refractivity contribution in [3.8, 4) is 16.9 Å². The van der Waals surface area contributed by atoms with E-state index in [4.69, 9.17) is 4.74 Å². The number of benzene rings is 2. The summed E-state index contributed by atoms with van der Waals surface area (Å²) in [5.41, 5.74) is 3.51. The summed E-state index contributed by atoms with van der Waals surface area (Å²) < 4.78 is 5.78. The number of hydrogen-bond acceptors (Lipinski definition) is 3. The zero-order valence-electron chi connectivity index (χ0n) is 12.5. The number of phenols is 1. The second-order valence-corrected chi connectivity index (χ2v) is 5.76. The van der Waals surface area contributed by atoms with E-state index in [1.54, 1.807) is 12.1 Å². The van der Waals surface area contributed by atoms with Crippen LogP contribution in [0.3, 0.4) is 0 Å². The Morgan fingerprint density at radius 1 is 0.857 bits per heavy atom. The third-order valence-corrected chi connectivity index (χ3v) is 3.85. The highest BCUT2D eigenvalue weighted by Gasteiger charge is 2.22. The monoisotopic (exact) mass is 283 g/mol. The molecule has 0 unspecified atom stereocenters. The third-order valence-electron chi connectivity index (χ3n) is 3.85. The smallest absolute Gasteiger partial charge is 0.115 e. The quantitative estimate of drug-likeness (QED) is 0.912. The van der Waals surface area contributed by atoms with Crippen LogP contribution in [0.4, 0.5) is 5.69 Å². The van der Waals surface area contributed by atoms with Crippen molar-refractivity contribution in [3.05, 3.63) is 48.5 Å². The van der Waals surface area contributed by atoms with Crippen molar-refractivity contribution in [2.45, 2.75) is 26.1 Å². The summed E-state index contributed by atoms with van der Waals surface area (Å²) in [5.74, 6) is 0.298. The Kier molecular flexibility index (Phi) is 3.84. The van der Waals surface area contributed by atoms with Gasteiger partial charge in [-0.15, -0.1) is 0 Å². The maximum Gasteiger partial charge on any atom is 0.115 e. The van der Waals surface area contributed by atoms with Crippen LogP contribution in [0.15, 0.2) is 48.5 Å². The van der Waals surface area contributed by atoms with Crippen molar-refractivity contribution in [1.29, 1.82) is 0 Å². The lowest BCUT2D eigenvalue weighted by molar-refractivity contribution is -0.00521. The molecule has 1 aliphatic heterocycles. The van der Waals surface area contributed by atoms with E-state index in [0.29, 0.717) is 5.75 Å². The molecule has 3 rings (SSSR count). The van der Waals surface area contributed by atoms with E-state index < -0.39 is 0 Å². The first kappa shape index (κ1) is 14.0. The standard InChI is InChI=1S/C18H21NO2/c1-13-11-19(12-14(2)21-13)17-7-3-15(4-8-17)16-5-9-18(20)10-6-16/h3-10,13-14,20H,11-12H2,1-2H3/t13-,14+. The Balaban J connectivity index is 1.79. The van der Waals surface area contributed by atoms with Gasteiger partial charge in [-0.3, -0.25) is 0 Å². The van der Waals surface area contributed by atoms with E-state index in [1.807, 2.05) is 12.1 Å². The SMILES string of the molecule is C[C@@H]1CN(c2ccc(-c3ccc(O)cc3)cc2)C[C@H](C)O1. The molecule has 2 atom stereocenters. The first-order chi connectivity index (χ1) is 10.1. The van der Waals surface area contributed by atoms with E-state index >= 15 is 0 Å². The Bertz CT molecular complexity index is 582. The fourth-order valence-corrected chi connectivity index (χ4v) is 2.91. The normalized spacial score (nSPS) is 22.3. The first-order valence-electron chi connectivity index (χ1n) is 7.42. The molecule has 0 saturated carbocycles. The van der Waals surface area contributed by atoms with Gasteiger partial charge in [0.1, 0.15) is 5.75 Å². The second kappa shape index (κ2) is 5.78. The molecule has 1 aliphatic rings. The number of nitrogens with zero attached hydrogens (tertiary/aromatic N) is 1. The molecule has 110 valence electrons. The van der Waals surface area contributed by atoms with Gasteiger partial charge in [0.15, 0.2) is 0 Å². The van der Waals surface area contributed by atoms with E-state index in [9.17, 15) is 5.11 Å². The number of phenolic OH excluding ortho intramolecular Hbond substituents is 1. The Morgan fingerprint density at radius 2 is 1.33 bits per heavy atom. The highest BCUT2D eigenvalue weighted by molar-refractivity contribution is 5.67. The fourth-order valence-electron chi connectivity index (χ4n) is 2.91. The van der Waals surface area contributed by atoms with Crippen molar-refractivity contribution in [2.24, 2.45) is 0 Å². The Morgan fingerprint density at radius 3 is 1.86 bits per heavy atom. The van der Waals surface area contributed by atoms with Gasteiger partial charge in [-0.05, 0) is 49.2 Å². The highest BCUT2D eigenvalue weighted by Crippen LogP contribution is 2.26. The van der Waals surface area contributed by atoms with Crippen LogP contribution < -0.4 is 4.90 Å². The van der Waals surface area contributed by atoms with Gasteiger partial charge in [-0.25, -0.2) is 0 Å². The molecule has 1 N–H and O–H groups in total. The van der Waals surface area contributed by atoms with E-state index in [0.717, 1.165) is 24.2 Å². The third kappa shape index (κ3) is 3.19. The summed E-state index contributed by atoms with van der Waals surface area (Å²) in [5, 5.41) is 9.35. The Labute approximate surface area is 125 Å². The second-order valence-electron chi connectivity index (χ2n) is 5.76. The predicted octanol–water partition coefficient (Wildman–Crippen LogP) is 3.67. The van der Waals surface area contributed by atoms with E-state index in [-0.39, 0.29) is 12.2 Å².